The van der Waals surface area contributed by atoms with Gasteiger partial charge in [0, 0.05) is 32.0 Å². The van der Waals surface area contributed by atoms with E-state index in [1.165, 1.54) is 30.4 Å². The van der Waals surface area contributed by atoms with Crippen LogP contribution in [0.15, 0.2) is 30.6 Å². The molecule has 1 amide bonds. The van der Waals surface area contributed by atoms with Crippen LogP contribution < -0.4 is 10.2 Å². The Hall–Kier alpha value is -2.96. The van der Waals surface area contributed by atoms with E-state index in [9.17, 15) is 4.79 Å². The number of aryl methyl sites for hydroxylation is 3. The van der Waals surface area contributed by atoms with Gasteiger partial charge in [0.05, 0.1) is 6.04 Å². The second kappa shape index (κ2) is 8.76. The molecule has 3 aliphatic rings. The number of carbonyl (C=O) groups excluding carboxylic acids is 1. The molecule has 2 aromatic heterocycles. The summed E-state index contributed by atoms with van der Waals surface area (Å²) in [5, 5.41) is 3.37. The number of nitrogens with one attached hydrogen (secondary N) is 1. The molecule has 1 saturated heterocycles. The standard InChI is InChI=1S/C26H32N6O/c33-26(29-21-10-6-8-18-7-3-4-9-20(18)21)19-12-15-31(16-13-19)24-23-25(28-17-27-24)32-14-5-1-2-11-22(32)30-23/h3-4,7,9,17,19,21H,1-2,5-6,8,10-16H2,(H,29,33)/t21-/m0/s1. The van der Waals surface area contributed by atoms with Crippen LogP contribution in [-0.2, 0) is 24.2 Å². The third-order valence-electron chi connectivity index (χ3n) is 7.73. The van der Waals surface area contributed by atoms with Crippen LogP contribution in [0, 0.1) is 5.92 Å². The summed E-state index contributed by atoms with van der Waals surface area (Å²) in [5.41, 5.74) is 4.58. The Morgan fingerprint density at radius 2 is 1.82 bits per heavy atom. The number of aromatic nitrogens is 4. The number of anilines is 1. The SMILES string of the molecule is O=C(N[C@H]1CCCc2ccccc21)C1CCN(c2ncnc3c2nc2n3CCCCC2)CC1. The number of hydrogen-bond acceptors (Lipinski definition) is 5. The number of rotatable bonds is 3. The van der Waals surface area contributed by atoms with E-state index in [2.05, 4.69) is 49.0 Å². The third kappa shape index (κ3) is 3.87. The molecule has 1 N–H and O–H groups in total. The number of carbonyl (C=O) groups is 1. The second-order valence-electron chi connectivity index (χ2n) is 9.77. The Morgan fingerprint density at radius 1 is 0.939 bits per heavy atom. The number of benzene rings is 1. The summed E-state index contributed by atoms with van der Waals surface area (Å²) in [5.74, 6) is 2.34. The summed E-state index contributed by atoms with van der Waals surface area (Å²) in [4.78, 5) is 29.6. The molecule has 1 aliphatic carbocycles. The van der Waals surface area contributed by atoms with Gasteiger partial charge in [0.25, 0.3) is 0 Å². The van der Waals surface area contributed by atoms with Gasteiger partial charge in [0.1, 0.15) is 12.2 Å². The van der Waals surface area contributed by atoms with Crippen LogP contribution in [0.2, 0.25) is 0 Å². The molecule has 172 valence electrons. The summed E-state index contributed by atoms with van der Waals surface area (Å²) in [7, 11) is 0. The average Bonchev–Trinajstić information content (AvgIpc) is 3.05. The first-order valence-corrected chi connectivity index (χ1v) is 12.6. The molecule has 0 radical (unpaired) electrons. The average molecular weight is 445 g/mol. The summed E-state index contributed by atoms with van der Waals surface area (Å²) in [6.07, 6.45) is 11.3. The molecule has 1 fully saturated rings. The van der Waals surface area contributed by atoms with Crippen molar-refractivity contribution in [3.63, 3.8) is 0 Å². The number of piperidine rings is 1. The van der Waals surface area contributed by atoms with E-state index in [0.29, 0.717) is 0 Å². The normalized spacial score (nSPS) is 21.3. The van der Waals surface area contributed by atoms with E-state index < -0.39 is 0 Å². The van der Waals surface area contributed by atoms with Crippen LogP contribution in [0.5, 0.6) is 0 Å². The predicted molar refractivity (Wildman–Crippen MR) is 128 cm³/mol. The molecule has 2 aliphatic heterocycles. The molecule has 0 saturated carbocycles. The first-order chi connectivity index (χ1) is 16.3. The first kappa shape index (κ1) is 20.6. The van der Waals surface area contributed by atoms with Gasteiger partial charge in [-0.05, 0) is 56.1 Å². The quantitative estimate of drug-likeness (QED) is 0.662. The zero-order valence-electron chi connectivity index (χ0n) is 19.2. The van der Waals surface area contributed by atoms with Crippen LogP contribution in [0.1, 0.15) is 67.9 Å². The van der Waals surface area contributed by atoms with Gasteiger partial charge < -0.3 is 14.8 Å². The van der Waals surface area contributed by atoms with Crippen LogP contribution in [0.4, 0.5) is 5.82 Å². The monoisotopic (exact) mass is 444 g/mol. The van der Waals surface area contributed by atoms with Gasteiger partial charge in [-0.25, -0.2) is 15.0 Å². The van der Waals surface area contributed by atoms with Crippen LogP contribution in [-0.4, -0.2) is 38.5 Å². The van der Waals surface area contributed by atoms with E-state index in [1.807, 2.05) is 0 Å². The molecule has 3 aromatic rings. The Morgan fingerprint density at radius 3 is 2.73 bits per heavy atom. The van der Waals surface area contributed by atoms with Crippen molar-refractivity contribution in [2.24, 2.45) is 5.92 Å². The summed E-state index contributed by atoms with van der Waals surface area (Å²) >= 11 is 0. The molecular weight excluding hydrogens is 412 g/mol. The molecule has 0 spiro atoms. The van der Waals surface area contributed by atoms with Crippen molar-refractivity contribution in [1.29, 1.82) is 0 Å². The molecule has 4 heterocycles. The smallest absolute Gasteiger partial charge is 0.223 e. The molecule has 0 bridgehead atoms. The number of nitrogens with zero attached hydrogens (tertiary/aromatic N) is 5. The number of fused-ring (bicyclic) bond motifs is 4. The number of amides is 1. The maximum absolute atomic E-state index is 13.1. The van der Waals surface area contributed by atoms with Crippen molar-refractivity contribution in [3.8, 4) is 0 Å². The minimum atomic E-state index is 0.0615. The highest BCUT2D eigenvalue weighted by molar-refractivity contribution is 5.84. The molecule has 1 atom stereocenters. The number of imidazole rings is 1. The fraction of sp³-hybridized carbons (Fsp3) is 0.538. The van der Waals surface area contributed by atoms with Gasteiger partial charge >= 0.3 is 0 Å². The maximum Gasteiger partial charge on any atom is 0.223 e. The first-order valence-electron chi connectivity index (χ1n) is 12.6. The van der Waals surface area contributed by atoms with E-state index in [1.54, 1.807) is 6.33 Å². The Kier molecular flexibility index (Phi) is 5.48. The Labute approximate surface area is 194 Å². The lowest BCUT2D eigenvalue weighted by Gasteiger charge is -2.33. The lowest BCUT2D eigenvalue weighted by atomic mass is 9.87. The van der Waals surface area contributed by atoms with Crippen LogP contribution in [0.25, 0.3) is 11.2 Å². The zero-order valence-corrected chi connectivity index (χ0v) is 19.2. The van der Waals surface area contributed by atoms with E-state index >= 15 is 0 Å². The molecule has 7 nitrogen and oxygen atoms in total. The highest BCUT2D eigenvalue weighted by Crippen LogP contribution is 2.32. The van der Waals surface area contributed by atoms with Crippen molar-refractivity contribution in [1.82, 2.24) is 24.8 Å². The lowest BCUT2D eigenvalue weighted by Crippen LogP contribution is -2.42. The molecule has 0 unspecified atom stereocenters. The van der Waals surface area contributed by atoms with Gasteiger partial charge in [-0.1, -0.05) is 30.7 Å². The molecular formula is C26H32N6O. The molecule has 33 heavy (non-hydrogen) atoms. The van der Waals surface area contributed by atoms with Gasteiger partial charge in [-0.3, -0.25) is 4.79 Å². The zero-order chi connectivity index (χ0) is 22.2. The van der Waals surface area contributed by atoms with Gasteiger partial charge in [-0.2, -0.15) is 0 Å². The maximum atomic E-state index is 13.1. The van der Waals surface area contributed by atoms with Crippen molar-refractivity contribution in [3.05, 3.63) is 47.5 Å². The van der Waals surface area contributed by atoms with Crippen molar-refractivity contribution in [2.45, 2.75) is 70.4 Å². The van der Waals surface area contributed by atoms with Crippen molar-refractivity contribution < 1.29 is 4.79 Å². The van der Waals surface area contributed by atoms with Crippen molar-refractivity contribution >= 4 is 22.9 Å². The minimum absolute atomic E-state index is 0.0615. The predicted octanol–water partition coefficient (Wildman–Crippen LogP) is 3.96. The minimum Gasteiger partial charge on any atom is -0.355 e. The van der Waals surface area contributed by atoms with E-state index in [4.69, 9.17) is 4.98 Å². The fourth-order valence-corrected chi connectivity index (χ4v) is 5.90. The molecule has 6 rings (SSSR count). The van der Waals surface area contributed by atoms with Crippen molar-refractivity contribution in [2.75, 3.05) is 18.0 Å². The molecule has 1 aromatic carbocycles. The largest absolute Gasteiger partial charge is 0.355 e. The Balaban J connectivity index is 1.14. The summed E-state index contributed by atoms with van der Waals surface area (Å²) in [6.45, 7) is 2.65. The fourth-order valence-electron chi connectivity index (χ4n) is 5.90. The topological polar surface area (TPSA) is 75.9 Å². The van der Waals surface area contributed by atoms with Gasteiger partial charge in [0.2, 0.25) is 5.91 Å². The highest BCUT2D eigenvalue weighted by Gasteiger charge is 2.30. The van der Waals surface area contributed by atoms with E-state index in [0.717, 1.165) is 81.0 Å². The summed E-state index contributed by atoms with van der Waals surface area (Å²) < 4.78 is 2.29. The lowest BCUT2D eigenvalue weighted by molar-refractivity contribution is -0.126. The second-order valence-corrected chi connectivity index (χ2v) is 9.77. The third-order valence-corrected chi connectivity index (χ3v) is 7.73. The van der Waals surface area contributed by atoms with Crippen LogP contribution in [0.3, 0.4) is 0 Å². The molecule has 7 heteroatoms. The van der Waals surface area contributed by atoms with E-state index in [-0.39, 0.29) is 17.9 Å². The van der Waals surface area contributed by atoms with Gasteiger partial charge in [0.15, 0.2) is 17.0 Å². The van der Waals surface area contributed by atoms with Gasteiger partial charge in [-0.15, -0.1) is 0 Å². The van der Waals surface area contributed by atoms with Crippen LogP contribution >= 0.6 is 0 Å². The number of hydrogen-bond donors (Lipinski definition) is 1. The highest BCUT2D eigenvalue weighted by atomic mass is 16.2. The Bertz CT molecular complexity index is 1160. The summed E-state index contributed by atoms with van der Waals surface area (Å²) in [6, 6.07) is 8.71.